The molecule has 5 heteroatoms. The van der Waals surface area contributed by atoms with E-state index >= 15 is 0 Å². The fourth-order valence-corrected chi connectivity index (χ4v) is 3.66. The van der Waals surface area contributed by atoms with Gasteiger partial charge in [0.05, 0.1) is 6.04 Å². The molecular weight excluding hydrogens is 246 g/mol. The molecule has 2 atom stereocenters. The van der Waals surface area contributed by atoms with Crippen LogP contribution in [0.1, 0.15) is 29.8 Å². The van der Waals surface area contributed by atoms with E-state index in [-0.39, 0.29) is 18.0 Å². The van der Waals surface area contributed by atoms with E-state index in [1.165, 1.54) is 10.4 Å². The molecule has 1 saturated heterocycles. The van der Waals surface area contributed by atoms with Crippen LogP contribution in [0.5, 0.6) is 0 Å². The minimum absolute atomic E-state index is 0.0653. The number of nitrogens with two attached hydrogens (primary N) is 1. The second-order valence-corrected chi connectivity index (χ2v) is 5.86. The number of carbonyl (C=O) groups is 1. The molecule has 0 spiro atoms. The summed E-state index contributed by atoms with van der Waals surface area (Å²) >= 11 is 1.76. The van der Waals surface area contributed by atoms with Crippen molar-refractivity contribution < 1.29 is 4.79 Å². The maximum absolute atomic E-state index is 11.4. The van der Waals surface area contributed by atoms with Crippen molar-refractivity contribution in [2.45, 2.75) is 32.4 Å². The highest BCUT2D eigenvalue weighted by molar-refractivity contribution is 7.10. The monoisotopic (exact) mass is 267 g/mol. The van der Waals surface area contributed by atoms with Crippen LogP contribution in [0.3, 0.4) is 0 Å². The van der Waals surface area contributed by atoms with Gasteiger partial charge in [-0.3, -0.25) is 9.69 Å². The minimum Gasteiger partial charge on any atom is -0.355 e. The molecule has 1 amide bonds. The number of thiophene rings is 1. The van der Waals surface area contributed by atoms with Gasteiger partial charge in [0.25, 0.3) is 0 Å². The van der Waals surface area contributed by atoms with Gasteiger partial charge in [0, 0.05) is 37.0 Å². The molecule has 0 saturated carbocycles. The number of hydrogen-bond donors (Lipinski definition) is 2. The molecule has 1 fully saturated rings. The van der Waals surface area contributed by atoms with Crippen LogP contribution in [0.4, 0.5) is 0 Å². The van der Waals surface area contributed by atoms with E-state index in [4.69, 9.17) is 5.73 Å². The molecule has 0 radical (unpaired) electrons. The second-order valence-electron chi connectivity index (χ2n) is 4.91. The van der Waals surface area contributed by atoms with Crippen molar-refractivity contribution >= 4 is 17.2 Å². The number of nitrogens with zero attached hydrogens (tertiary/aromatic N) is 1. The highest BCUT2D eigenvalue weighted by atomic mass is 32.1. The Balaban J connectivity index is 2.20. The summed E-state index contributed by atoms with van der Waals surface area (Å²) in [7, 11) is 0. The number of amides is 1. The summed E-state index contributed by atoms with van der Waals surface area (Å²) in [5.41, 5.74) is 7.47. The fourth-order valence-electron chi connectivity index (χ4n) is 2.49. The van der Waals surface area contributed by atoms with Gasteiger partial charge in [0.15, 0.2) is 0 Å². The van der Waals surface area contributed by atoms with Crippen LogP contribution in [0.2, 0.25) is 0 Å². The van der Waals surface area contributed by atoms with Crippen LogP contribution >= 0.6 is 11.3 Å². The molecule has 2 rings (SSSR count). The lowest BCUT2D eigenvalue weighted by Gasteiger charge is -2.32. The van der Waals surface area contributed by atoms with Gasteiger partial charge in [-0.2, -0.15) is 0 Å². The molecular formula is C13H21N3OS. The molecule has 4 nitrogen and oxygen atoms in total. The highest BCUT2D eigenvalue weighted by Gasteiger charge is 2.27. The zero-order valence-electron chi connectivity index (χ0n) is 11.0. The third kappa shape index (κ3) is 2.91. The van der Waals surface area contributed by atoms with E-state index in [2.05, 4.69) is 28.6 Å². The van der Waals surface area contributed by atoms with Gasteiger partial charge < -0.3 is 11.1 Å². The van der Waals surface area contributed by atoms with Crippen molar-refractivity contribution in [2.75, 3.05) is 19.6 Å². The summed E-state index contributed by atoms with van der Waals surface area (Å²) in [5, 5.41) is 5.02. The standard InChI is InChI=1S/C13H21N3OS/c1-9-4-8-18-13(9)12(10(2)14)16-6-3-11(17)15-5-7-16/h4,8,10,12H,3,5-7,14H2,1-2H3,(H,15,17). The smallest absolute Gasteiger partial charge is 0.221 e. The Morgan fingerprint density at radius 3 is 2.89 bits per heavy atom. The van der Waals surface area contributed by atoms with Gasteiger partial charge in [-0.15, -0.1) is 11.3 Å². The predicted molar refractivity (Wildman–Crippen MR) is 74.6 cm³/mol. The van der Waals surface area contributed by atoms with E-state index in [9.17, 15) is 4.79 Å². The SMILES string of the molecule is Cc1ccsc1C(C(C)N)N1CCNC(=O)CC1. The van der Waals surface area contributed by atoms with Crippen LogP contribution in [0.15, 0.2) is 11.4 Å². The highest BCUT2D eigenvalue weighted by Crippen LogP contribution is 2.31. The fraction of sp³-hybridized carbons (Fsp3) is 0.615. The summed E-state index contributed by atoms with van der Waals surface area (Å²) in [6, 6.07) is 2.42. The first-order chi connectivity index (χ1) is 8.59. The quantitative estimate of drug-likeness (QED) is 0.867. The lowest BCUT2D eigenvalue weighted by molar-refractivity contribution is -0.120. The zero-order valence-corrected chi connectivity index (χ0v) is 11.8. The second kappa shape index (κ2) is 5.82. The van der Waals surface area contributed by atoms with Crippen LogP contribution in [-0.4, -0.2) is 36.5 Å². The minimum atomic E-state index is 0.0653. The average Bonchev–Trinajstić information content (AvgIpc) is 2.59. The van der Waals surface area contributed by atoms with Crippen molar-refractivity contribution in [3.8, 4) is 0 Å². The lowest BCUT2D eigenvalue weighted by Crippen LogP contribution is -2.41. The summed E-state index contributed by atoms with van der Waals surface area (Å²) in [5.74, 6) is 0.142. The first-order valence-electron chi connectivity index (χ1n) is 6.40. The first kappa shape index (κ1) is 13.5. The number of carbonyl (C=O) groups excluding carboxylic acids is 1. The van der Waals surface area contributed by atoms with Gasteiger partial charge in [0.2, 0.25) is 5.91 Å². The van der Waals surface area contributed by atoms with E-state index in [1.807, 2.05) is 6.92 Å². The van der Waals surface area contributed by atoms with Crippen LogP contribution in [-0.2, 0) is 4.79 Å². The molecule has 0 bridgehead atoms. The van der Waals surface area contributed by atoms with Gasteiger partial charge in [-0.1, -0.05) is 0 Å². The molecule has 3 N–H and O–H groups in total. The summed E-state index contributed by atoms with van der Waals surface area (Å²) in [6.07, 6.45) is 0.563. The topological polar surface area (TPSA) is 58.4 Å². The van der Waals surface area contributed by atoms with Gasteiger partial charge >= 0.3 is 0 Å². The molecule has 2 unspecified atom stereocenters. The molecule has 0 aromatic carbocycles. The normalized spacial score (nSPS) is 21.2. The number of aryl methyl sites for hydroxylation is 1. The Hall–Kier alpha value is -0.910. The third-order valence-electron chi connectivity index (χ3n) is 3.41. The van der Waals surface area contributed by atoms with Crippen LogP contribution < -0.4 is 11.1 Å². The molecule has 1 aliphatic rings. The predicted octanol–water partition coefficient (Wildman–Crippen LogP) is 1.27. The van der Waals surface area contributed by atoms with Crippen LogP contribution in [0, 0.1) is 6.92 Å². The van der Waals surface area contributed by atoms with Crippen molar-refractivity contribution in [3.63, 3.8) is 0 Å². The zero-order chi connectivity index (χ0) is 13.1. The first-order valence-corrected chi connectivity index (χ1v) is 7.28. The van der Waals surface area contributed by atoms with Crippen molar-refractivity contribution in [1.82, 2.24) is 10.2 Å². The van der Waals surface area contributed by atoms with Gasteiger partial charge in [-0.25, -0.2) is 0 Å². The Labute approximate surface area is 112 Å². The van der Waals surface area contributed by atoms with Crippen molar-refractivity contribution in [3.05, 3.63) is 21.9 Å². The Morgan fingerprint density at radius 1 is 1.50 bits per heavy atom. The maximum atomic E-state index is 11.4. The third-order valence-corrected chi connectivity index (χ3v) is 4.50. The lowest BCUT2D eigenvalue weighted by atomic mass is 10.0. The molecule has 1 aliphatic heterocycles. The Kier molecular flexibility index (Phi) is 4.37. The molecule has 18 heavy (non-hydrogen) atoms. The van der Waals surface area contributed by atoms with E-state index in [0.717, 1.165) is 13.1 Å². The largest absolute Gasteiger partial charge is 0.355 e. The number of rotatable bonds is 3. The van der Waals surface area contributed by atoms with Crippen molar-refractivity contribution in [2.24, 2.45) is 5.73 Å². The molecule has 1 aromatic rings. The molecule has 2 heterocycles. The maximum Gasteiger partial charge on any atom is 0.221 e. The Bertz CT molecular complexity index is 416. The van der Waals surface area contributed by atoms with E-state index in [0.29, 0.717) is 13.0 Å². The average molecular weight is 267 g/mol. The molecule has 100 valence electrons. The van der Waals surface area contributed by atoms with Gasteiger partial charge in [0.1, 0.15) is 0 Å². The molecule has 0 aliphatic carbocycles. The van der Waals surface area contributed by atoms with Crippen molar-refractivity contribution in [1.29, 1.82) is 0 Å². The van der Waals surface area contributed by atoms with E-state index < -0.39 is 0 Å². The van der Waals surface area contributed by atoms with Crippen LogP contribution in [0.25, 0.3) is 0 Å². The summed E-state index contributed by atoms with van der Waals surface area (Å²) in [4.78, 5) is 15.1. The Morgan fingerprint density at radius 2 is 2.28 bits per heavy atom. The summed E-state index contributed by atoms with van der Waals surface area (Å²) in [6.45, 7) is 6.55. The van der Waals surface area contributed by atoms with E-state index in [1.54, 1.807) is 11.3 Å². The van der Waals surface area contributed by atoms with Gasteiger partial charge in [-0.05, 0) is 30.9 Å². The number of hydrogen-bond acceptors (Lipinski definition) is 4. The number of nitrogens with one attached hydrogen (secondary N) is 1. The summed E-state index contributed by atoms with van der Waals surface area (Å²) < 4.78 is 0. The molecule has 1 aromatic heterocycles.